The number of benzene rings is 1. The van der Waals surface area contributed by atoms with Crippen LogP contribution in [0.3, 0.4) is 0 Å². The Morgan fingerprint density at radius 2 is 1.86 bits per heavy atom. The molecule has 1 rings (SSSR count). The Kier molecular flexibility index (Phi) is 7.46. The molecule has 0 saturated heterocycles. The highest BCUT2D eigenvalue weighted by Crippen LogP contribution is 2.04. The first-order valence-corrected chi connectivity index (χ1v) is 7.35. The molecular weight excluding hydrogens is 266 g/mol. The van der Waals surface area contributed by atoms with Gasteiger partial charge in [-0.25, -0.2) is 0 Å². The van der Waals surface area contributed by atoms with Gasteiger partial charge >= 0.3 is 0 Å². The Balaban J connectivity index is 2.53. The minimum atomic E-state index is -0.515. The van der Waals surface area contributed by atoms with Gasteiger partial charge in [0.15, 0.2) is 0 Å². The quantitative estimate of drug-likeness (QED) is 0.620. The molecular formula is C16H25N3O2. The predicted molar refractivity (Wildman–Crippen MR) is 83.6 cm³/mol. The summed E-state index contributed by atoms with van der Waals surface area (Å²) in [5, 5.41) is 5.61. The number of nitrogens with one attached hydrogen (secondary N) is 2. The third-order valence-corrected chi connectivity index (χ3v) is 3.15. The van der Waals surface area contributed by atoms with E-state index in [4.69, 9.17) is 5.73 Å². The third kappa shape index (κ3) is 6.40. The Hall–Kier alpha value is -1.88. The van der Waals surface area contributed by atoms with E-state index in [0.29, 0.717) is 13.1 Å². The van der Waals surface area contributed by atoms with Gasteiger partial charge < -0.3 is 16.4 Å². The molecule has 1 unspecified atom stereocenters. The molecule has 0 aliphatic heterocycles. The van der Waals surface area contributed by atoms with Crippen molar-refractivity contribution in [2.75, 3.05) is 13.1 Å². The van der Waals surface area contributed by atoms with Crippen LogP contribution in [0, 0.1) is 5.92 Å². The van der Waals surface area contributed by atoms with Crippen LogP contribution in [-0.2, 0) is 16.0 Å². The molecule has 1 aromatic rings. The summed E-state index contributed by atoms with van der Waals surface area (Å²) >= 11 is 0. The van der Waals surface area contributed by atoms with E-state index in [2.05, 4.69) is 10.6 Å². The van der Waals surface area contributed by atoms with Gasteiger partial charge in [0, 0.05) is 6.54 Å². The molecule has 4 N–H and O–H groups in total. The summed E-state index contributed by atoms with van der Waals surface area (Å²) in [7, 11) is 0. The zero-order chi connectivity index (χ0) is 15.7. The van der Waals surface area contributed by atoms with Crippen LogP contribution < -0.4 is 16.4 Å². The largest absolute Gasteiger partial charge is 0.354 e. The van der Waals surface area contributed by atoms with Gasteiger partial charge in [-0.2, -0.15) is 0 Å². The minimum absolute atomic E-state index is 0.0302. The van der Waals surface area contributed by atoms with Crippen LogP contribution in [0.15, 0.2) is 30.3 Å². The van der Waals surface area contributed by atoms with Gasteiger partial charge in [-0.15, -0.1) is 0 Å². The number of carbonyl (C=O) groups excluding carboxylic acids is 2. The summed E-state index contributed by atoms with van der Waals surface area (Å²) in [5.74, 6) is -0.267. The molecule has 5 heteroatoms. The molecule has 0 aromatic heterocycles. The maximum Gasteiger partial charge on any atom is 0.242 e. The molecule has 1 atom stereocenters. The Labute approximate surface area is 126 Å². The van der Waals surface area contributed by atoms with E-state index >= 15 is 0 Å². The van der Waals surface area contributed by atoms with Gasteiger partial charge in [0.05, 0.1) is 6.42 Å². The van der Waals surface area contributed by atoms with Crippen molar-refractivity contribution in [3.05, 3.63) is 35.9 Å². The fourth-order valence-electron chi connectivity index (χ4n) is 1.96. The maximum absolute atomic E-state index is 12.1. The predicted octanol–water partition coefficient (Wildman–Crippen LogP) is 0.835. The smallest absolute Gasteiger partial charge is 0.242 e. The highest BCUT2D eigenvalue weighted by molar-refractivity contribution is 5.88. The lowest BCUT2D eigenvalue weighted by Gasteiger charge is -2.21. The van der Waals surface area contributed by atoms with Crippen molar-refractivity contribution in [1.82, 2.24) is 10.6 Å². The molecule has 5 nitrogen and oxygen atoms in total. The summed E-state index contributed by atoms with van der Waals surface area (Å²) in [6.45, 7) is 4.89. The molecule has 0 radical (unpaired) electrons. The molecule has 0 fully saturated rings. The molecule has 21 heavy (non-hydrogen) atoms. The van der Waals surface area contributed by atoms with Gasteiger partial charge in [-0.1, -0.05) is 44.2 Å². The van der Waals surface area contributed by atoms with Crippen LogP contribution in [-0.4, -0.2) is 30.9 Å². The van der Waals surface area contributed by atoms with E-state index in [1.165, 1.54) is 0 Å². The lowest BCUT2D eigenvalue weighted by atomic mass is 10.0. The average Bonchev–Trinajstić information content (AvgIpc) is 2.45. The minimum Gasteiger partial charge on any atom is -0.354 e. The Morgan fingerprint density at radius 3 is 2.43 bits per heavy atom. The Morgan fingerprint density at radius 1 is 1.19 bits per heavy atom. The van der Waals surface area contributed by atoms with E-state index in [0.717, 1.165) is 12.0 Å². The molecule has 0 aliphatic carbocycles. The van der Waals surface area contributed by atoms with E-state index in [-0.39, 0.29) is 24.2 Å². The van der Waals surface area contributed by atoms with Gasteiger partial charge in [0.2, 0.25) is 11.8 Å². The molecule has 2 amide bonds. The molecule has 1 aromatic carbocycles. The van der Waals surface area contributed by atoms with E-state index in [1.807, 2.05) is 44.2 Å². The zero-order valence-corrected chi connectivity index (χ0v) is 12.8. The number of hydrogen-bond donors (Lipinski definition) is 3. The second kappa shape index (κ2) is 9.13. The first-order chi connectivity index (χ1) is 10.0. The van der Waals surface area contributed by atoms with Gasteiger partial charge in [0.25, 0.3) is 0 Å². The summed E-state index contributed by atoms with van der Waals surface area (Å²) < 4.78 is 0. The van der Waals surface area contributed by atoms with Crippen LogP contribution in [0.25, 0.3) is 0 Å². The molecule has 0 spiro atoms. The molecule has 0 heterocycles. The summed E-state index contributed by atoms with van der Waals surface area (Å²) in [6.07, 6.45) is 1.01. The standard InChI is InChI=1S/C16H25N3O2/c1-12(2)15(16(21)18-10-6-9-17)19-14(20)11-13-7-4-3-5-8-13/h3-5,7-8,12,15H,6,9-11,17H2,1-2H3,(H,18,21)(H,19,20). The highest BCUT2D eigenvalue weighted by Gasteiger charge is 2.23. The number of amides is 2. The van der Waals surface area contributed by atoms with Crippen molar-refractivity contribution in [1.29, 1.82) is 0 Å². The molecule has 116 valence electrons. The molecule has 0 bridgehead atoms. The van der Waals surface area contributed by atoms with Crippen LogP contribution >= 0.6 is 0 Å². The van der Waals surface area contributed by atoms with E-state index in [1.54, 1.807) is 0 Å². The van der Waals surface area contributed by atoms with Crippen LogP contribution in [0.5, 0.6) is 0 Å². The fourth-order valence-corrected chi connectivity index (χ4v) is 1.96. The van der Waals surface area contributed by atoms with Crippen molar-refractivity contribution in [3.8, 4) is 0 Å². The second-order valence-corrected chi connectivity index (χ2v) is 5.38. The van der Waals surface area contributed by atoms with E-state index < -0.39 is 6.04 Å². The van der Waals surface area contributed by atoms with E-state index in [9.17, 15) is 9.59 Å². The second-order valence-electron chi connectivity index (χ2n) is 5.38. The summed E-state index contributed by atoms with van der Waals surface area (Å²) in [6, 6.07) is 8.96. The molecule has 0 aliphatic rings. The van der Waals surface area contributed by atoms with Crippen LogP contribution in [0.2, 0.25) is 0 Å². The van der Waals surface area contributed by atoms with Crippen molar-refractivity contribution in [2.45, 2.75) is 32.7 Å². The number of nitrogens with two attached hydrogens (primary N) is 1. The maximum atomic E-state index is 12.1. The van der Waals surface area contributed by atoms with Gasteiger partial charge in [-0.05, 0) is 24.4 Å². The van der Waals surface area contributed by atoms with Crippen molar-refractivity contribution < 1.29 is 9.59 Å². The van der Waals surface area contributed by atoms with Crippen LogP contribution in [0.4, 0.5) is 0 Å². The number of carbonyl (C=O) groups is 2. The summed E-state index contributed by atoms with van der Waals surface area (Å²) in [4.78, 5) is 24.1. The highest BCUT2D eigenvalue weighted by atomic mass is 16.2. The van der Waals surface area contributed by atoms with Crippen molar-refractivity contribution >= 4 is 11.8 Å². The number of rotatable bonds is 8. The lowest BCUT2D eigenvalue weighted by Crippen LogP contribution is -2.50. The SMILES string of the molecule is CC(C)C(NC(=O)Cc1ccccc1)C(=O)NCCCN. The normalized spacial score (nSPS) is 12.0. The lowest BCUT2D eigenvalue weighted by molar-refractivity contribution is -0.129. The number of hydrogen-bond acceptors (Lipinski definition) is 3. The topological polar surface area (TPSA) is 84.2 Å². The van der Waals surface area contributed by atoms with Crippen molar-refractivity contribution in [2.24, 2.45) is 11.7 Å². The monoisotopic (exact) mass is 291 g/mol. The average molecular weight is 291 g/mol. The third-order valence-electron chi connectivity index (χ3n) is 3.15. The Bertz CT molecular complexity index is 446. The first-order valence-electron chi connectivity index (χ1n) is 7.35. The fraction of sp³-hybridized carbons (Fsp3) is 0.500. The van der Waals surface area contributed by atoms with Crippen molar-refractivity contribution in [3.63, 3.8) is 0 Å². The van der Waals surface area contributed by atoms with Gasteiger partial charge in [0.1, 0.15) is 6.04 Å². The van der Waals surface area contributed by atoms with Gasteiger partial charge in [-0.3, -0.25) is 9.59 Å². The first kappa shape index (κ1) is 17.2. The molecule has 0 saturated carbocycles. The van der Waals surface area contributed by atoms with Crippen LogP contribution in [0.1, 0.15) is 25.8 Å². The zero-order valence-electron chi connectivity index (χ0n) is 12.8. The summed E-state index contributed by atoms with van der Waals surface area (Å²) in [5.41, 5.74) is 6.33.